The quantitative estimate of drug-likeness (QED) is 0.790. The molecule has 1 aromatic heterocycles. The smallest absolute Gasteiger partial charge is 0.203 e. The third-order valence-corrected chi connectivity index (χ3v) is 2.53. The fourth-order valence-corrected chi connectivity index (χ4v) is 1.70. The Kier molecular flexibility index (Phi) is 2.65. The highest BCUT2D eigenvalue weighted by Gasteiger charge is 2.05. The van der Waals surface area contributed by atoms with Gasteiger partial charge in [-0.05, 0) is 35.3 Å². The molecule has 0 aliphatic carbocycles. The molecular weight excluding hydrogens is 220 g/mol. The maximum absolute atomic E-state index is 5.70. The molecule has 2 rings (SSSR count). The predicted molar refractivity (Wildman–Crippen MR) is 56.9 cm³/mol. The predicted octanol–water partition coefficient (Wildman–Crippen LogP) is 2.87. The molecule has 0 aliphatic heterocycles. The molecule has 0 radical (unpaired) electrons. The summed E-state index contributed by atoms with van der Waals surface area (Å²) in [6.45, 7) is 0. The van der Waals surface area contributed by atoms with Crippen molar-refractivity contribution in [3.8, 4) is 17.1 Å². The number of aromatic nitrogens is 2. The Labute approximate surface area is 90.5 Å². The van der Waals surface area contributed by atoms with Crippen LogP contribution in [-0.4, -0.2) is 16.5 Å². The number of hydrogen-bond acceptors (Lipinski definition) is 4. The summed E-state index contributed by atoms with van der Waals surface area (Å²) in [5.41, 5.74) is 0.910. The van der Waals surface area contributed by atoms with Gasteiger partial charge in [0.25, 0.3) is 0 Å². The highest BCUT2D eigenvalue weighted by Crippen LogP contribution is 2.23. The first-order valence-corrected chi connectivity index (χ1v) is 5.08. The van der Waals surface area contributed by atoms with Gasteiger partial charge in [0.1, 0.15) is 5.75 Å². The van der Waals surface area contributed by atoms with Crippen molar-refractivity contribution in [3.63, 3.8) is 0 Å². The van der Waals surface area contributed by atoms with Crippen LogP contribution in [0.3, 0.4) is 0 Å². The van der Waals surface area contributed by atoms with Crippen LogP contribution in [-0.2, 0) is 0 Å². The minimum absolute atomic E-state index is 0.447. The minimum atomic E-state index is 0.447. The van der Waals surface area contributed by atoms with Crippen molar-refractivity contribution in [1.82, 2.24) is 9.36 Å². The molecule has 1 aromatic carbocycles. The van der Waals surface area contributed by atoms with Crippen molar-refractivity contribution >= 4 is 23.1 Å². The third kappa shape index (κ3) is 1.86. The van der Waals surface area contributed by atoms with Gasteiger partial charge in [0.05, 0.1) is 7.11 Å². The lowest BCUT2D eigenvalue weighted by Crippen LogP contribution is -1.84. The van der Waals surface area contributed by atoms with E-state index in [1.54, 1.807) is 7.11 Å². The summed E-state index contributed by atoms with van der Waals surface area (Å²) in [5, 5.41) is 0. The number of benzene rings is 1. The lowest BCUT2D eigenvalue weighted by atomic mass is 10.2. The highest BCUT2D eigenvalue weighted by molar-refractivity contribution is 7.10. The van der Waals surface area contributed by atoms with E-state index in [-0.39, 0.29) is 0 Å². The van der Waals surface area contributed by atoms with E-state index >= 15 is 0 Å². The summed E-state index contributed by atoms with van der Waals surface area (Å²) in [4.78, 5) is 4.07. The molecule has 0 fully saturated rings. The Bertz CT molecular complexity index is 444. The van der Waals surface area contributed by atoms with Crippen LogP contribution in [0.5, 0.6) is 5.75 Å². The molecule has 0 atom stereocenters. The second kappa shape index (κ2) is 3.94. The lowest BCUT2D eigenvalue weighted by Gasteiger charge is -2.00. The molecule has 72 valence electrons. The molecule has 5 heteroatoms. The minimum Gasteiger partial charge on any atom is -0.497 e. The van der Waals surface area contributed by atoms with E-state index < -0.39 is 0 Å². The van der Waals surface area contributed by atoms with E-state index in [1.165, 1.54) is 11.5 Å². The summed E-state index contributed by atoms with van der Waals surface area (Å²) in [5.74, 6) is 1.42. The maximum atomic E-state index is 5.70. The monoisotopic (exact) mass is 226 g/mol. The van der Waals surface area contributed by atoms with Gasteiger partial charge in [-0.25, -0.2) is 4.98 Å². The van der Waals surface area contributed by atoms with Gasteiger partial charge in [-0.2, -0.15) is 4.37 Å². The molecule has 0 saturated heterocycles. The largest absolute Gasteiger partial charge is 0.497 e. The standard InChI is InChI=1S/C9H7ClN2OS/c1-13-7-4-2-3-6(5-7)8-11-9(10)14-12-8/h2-5H,1H3. The summed E-state index contributed by atoms with van der Waals surface area (Å²) < 4.78 is 9.65. The normalized spacial score (nSPS) is 10.1. The number of nitrogens with zero attached hydrogens (tertiary/aromatic N) is 2. The van der Waals surface area contributed by atoms with Crippen LogP contribution in [0, 0.1) is 0 Å². The molecule has 1 heterocycles. The first-order valence-electron chi connectivity index (χ1n) is 3.93. The summed E-state index contributed by atoms with van der Waals surface area (Å²) >= 11 is 6.87. The second-order valence-electron chi connectivity index (χ2n) is 2.60. The van der Waals surface area contributed by atoms with Crippen molar-refractivity contribution < 1.29 is 4.74 Å². The number of rotatable bonds is 2. The summed E-state index contributed by atoms with van der Waals surface area (Å²) in [7, 11) is 1.63. The van der Waals surface area contributed by atoms with Crippen LogP contribution in [0.2, 0.25) is 4.47 Å². The van der Waals surface area contributed by atoms with Crippen LogP contribution >= 0.6 is 23.1 Å². The molecule has 0 spiro atoms. The van der Waals surface area contributed by atoms with Gasteiger partial charge in [-0.1, -0.05) is 12.1 Å². The molecule has 14 heavy (non-hydrogen) atoms. The van der Waals surface area contributed by atoms with Gasteiger partial charge in [0.2, 0.25) is 4.47 Å². The summed E-state index contributed by atoms with van der Waals surface area (Å²) in [6, 6.07) is 7.56. The van der Waals surface area contributed by atoms with Crippen molar-refractivity contribution in [2.24, 2.45) is 0 Å². The Morgan fingerprint density at radius 3 is 2.93 bits per heavy atom. The zero-order chi connectivity index (χ0) is 9.97. The van der Waals surface area contributed by atoms with Crippen LogP contribution in [0.4, 0.5) is 0 Å². The Balaban J connectivity index is 2.41. The van der Waals surface area contributed by atoms with Crippen molar-refractivity contribution in [1.29, 1.82) is 0 Å². The average molecular weight is 227 g/mol. The zero-order valence-electron chi connectivity index (χ0n) is 7.40. The van der Waals surface area contributed by atoms with E-state index in [4.69, 9.17) is 16.3 Å². The maximum Gasteiger partial charge on any atom is 0.203 e. The molecule has 0 saturated carbocycles. The van der Waals surface area contributed by atoms with Crippen LogP contribution in [0.15, 0.2) is 24.3 Å². The van der Waals surface area contributed by atoms with E-state index in [0.29, 0.717) is 10.3 Å². The third-order valence-electron chi connectivity index (χ3n) is 1.73. The molecular formula is C9H7ClN2OS. The number of halogens is 1. The number of ether oxygens (including phenoxy) is 1. The van der Waals surface area contributed by atoms with Gasteiger partial charge in [0, 0.05) is 5.56 Å². The molecule has 0 N–H and O–H groups in total. The van der Waals surface area contributed by atoms with Gasteiger partial charge in [-0.15, -0.1) is 0 Å². The molecule has 0 aliphatic rings. The number of hydrogen-bond donors (Lipinski definition) is 0. The molecule has 0 unspecified atom stereocenters. The fourth-order valence-electron chi connectivity index (χ4n) is 1.08. The molecule has 3 nitrogen and oxygen atoms in total. The fraction of sp³-hybridized carbons (Fsp3) is 0.111. The van der Waals surface area contributed by atoms with Crippen molar-refractivity contribution in [2.75, 3.05) is 7.11 Å². The van der Waals surface area contributed by atoms with Crippen molar-refractivity contribution in [3.05, 3.63) is 28.7 Å². The summed E-state index contributed by atoms with van der Waals surface area (Å²) in [6.07, 6.45) is 0. The molecule has 2 aromatic rings. The zero-order valence-corrected chi connectivity index (χ0v) is 8.97. The van der Waals surface area contributed by atoms with E-state index in [9.17, 15) is 0 Å². The SMILES string of the molecule is COc1cccc(-c2nsc(Cl)n2)c1. The topological polar surface area (TPSA) is 35.0 Å². The van der Waals surface area contributed by atoms with Crippen molar-refractivity contribution in [2.45, 2.75) is 0 Å². The van der Waals surface area contributed by atoms with E-state index in [1.807, 2.05) is 24.3 Å². The van der Waals surface area contributed by atoms with Gasteiger partial charge in [0.15, 0.2) is 5.82 Å². The highest BCUT2D eigenvalue weighted by atomic mass is 35.5. The Hall–Kier alpha value is -1.13. The van der Waals surface area contributed by atoms with Crippen LogP contribution < -0.4 is 4.74 Å². The van der Waals surface area contributed by atoms with Crippen LogP contribution in [0.1, 0.15) is 0 Å². The van der Waals surface area contributed by atoms with Gasteiger partial charge in [-0.3, -0.25) is 0 Å². The Morgan fingerprint density at radius 1 is 1.43 bits per heavy atom. The Morgan fingerprint density at radius 2 is 2.29 bits per heavy atom. The molecule has 0 amide bonds. The molecule has 0 bridgehead atoms. The first kappa shape index (κ1) is 9.43. The van der Waals surface area contributed by atoms with E-state index in [0.717, 1.165) is 11.3 Å². The lowest BCUT2D eigenvalue weighted by molar-refractivity contribution is 0.415. The van der Waals surface area contributed by atoms with Gasteiger partial charge >= 0.3 is 0 Å². The second-order valence-corrected chi connectivity index (χ2v) is 3.94. The van der Waals surface area contributed by atoms with Gasteiger partial charge < -0.3 is 4.74 Å². The number of methoxy groups -OCH3 is 1. The average Bonchev–Trinajstić information content (AvgIpc) is 2.65. The first-order chi connectivity index (χ1) is 6.79. The van der Waals surface area contributed by atoms with Crippen LogP contribution in [0.25, 0.3) is 11.4 Å². The van der Waals surface area contributed by atoms with E-state index in [2.05, 4.69) is 9.36 Å².